The van der Waals surface area contributed by atoms with E-state index >= 15 is 0 Å². The van der Waals surface area contributed by atoms with Crippen molar-refractivity contribution < 1.29 is 43.2 Å². The van der Waals surface area contributed by atoms with Crippen molar-refractivity contribution in [2.45, 2.75) is 32.4 Å². The molecule has 14 nitrogen and oxygen atoms in total. The maximum atomic E-state index is 13.6. The summed E-state index contributed by atoms with van der Waals surface area (Å²) in [6.45, 7) is 4.27. The zero-order valence-corrected chi connectivity index (χ0v) is 26.3. The first-order valence-corrected chi connectivity index (χ1v) is 15.3. The lowest BCUT2D eigenvalue weighted by Gasteiger charge is -2.34. The number of anilines is 3. The molecule has 3 heterocycles. The summed E-state index contributed by atoms with van der Waals surface area (Å²) in [5, 5.41) is 18.4. The monoisotopic (exact) mass is 647 g/mol. The van der Waals surface area contributed by atoms with Gasteiger partial charge in [0.15, 0.2) is 23.0 Å². The highest BCUT2D eigenvalue weighted by Crippen LogP contribution is 2.36. The van der Waals surface area contributed by atoms with E-state index in [-0.39, 0.29) is 51.0 Å². The molecule has 0 bridgehead atoms. The molecule has 5 amide bonds. The number of carbonyl (C=O) groups excluding carboxylic acids is 3. The zero-order valence-electron chi connectivity index (χ0n) is 26.3. The Hall–Kier alpha value is -5.37. The van der Waals surface area contributed by atoms with Crippen molar-refractivity contribution in [3.05, 3.63) is 60.2 Å². The average molecular weight is 648 g/mol. The number of likely N-dealkylation sites (N-methyl/N-ethyl adjacent to an activating group) is 1. The van der Waals surface area contributed by atoms with Crippen LogP contribution in [0.15, 0.2) is 54.6 Å². The number of urea groups is 2. The summed E-state index contributed by atoms with van der Waals surface area (Å²) in [4.78, 5) is 42.8. The molecule has 0 aromatic heterocycles. The zero-order chi connectivity index (χ0) is 33.1. The van der Waals surface area contributed by atoms with E-state index in [2.05, 4.69) is 16.0 Å². The molecule has 0 fully saturated rings. The number of nitrogens with zero attached hydrogens (tertiary/aromatic N) is 2. The Morgan fingerprint density at radius 1 is 0.872 bits per heavy atom. The second-order valence-corrected chi connectivity index (χ2v) is 11.7. The molecule has 3 aliphatic rings. The van der Waals surface area contributed by atoms with E-state index < -0.39 is 18.2 Å². The topological polar surface area (TPSA) is 160 Å². The van der Waals surface area contributed by atoms with Crippen molar-refractivity contribution in [3.8, 4) is 28.7 Å². The summed E-state index contributed by atoms with van der Waals surface area (Å²) in [7, 11) is 1.66. The Bertz CT molecular complexity index is 1670. The van der Waals surface area contributed by atoms with Crippen LogP contribution in [0.5, 0.6) is 28.7 Å². The highest BCUT2D eigenvalue weighted by molar-refractivity contribution is 6.00. The first-order valence-electron chi connectivity index (χ1n) is 15.3. The van der Waals surface area contributed by atoms with Crippen molar-refractivity contribution >= 4 is 35.0 Å². The highest BCUT2D eigenvalue weighted by atomic mass is 16.7. The predicted octanol–water partition coefficient (Wildman–Crippen LogP) is 4.10. The van der Waals surface area contributed by atoms with Gasteiger partial charge in [0.1, 0.15) is 11.9 Å². The molecular formula is C33H37N5O9. The molecule has 3 atom stereocenters. The van der Waals surface area contributed by atoms with Crippen LogP contribution in [0.3, 0.4) is 0 Å². The Morgan fingerprint density at radius 3 is 2.04 bits per heavy atom. The number of rotatable bonds is 7. The van der Waals surface area contributed by atoms with E-state index in [1.165, 1.54) is 4.90 Å². The van der Waals surface area contributed by atoms with Gasteiger partial charge in [0.2, 0.25) is 19.5 Å². The maximum Gasteiger partial charge on any atom is 0.323 e. The Morgan fingerprint density at radius 2 is 1.43 bits per heavy atom. The molecule has 3 aromatic rings. The van der Waals surface area contributed by atoms with Crippen LogP contribution in [0, 0.1) is 5.92 Å². The van der Waals surface area contributed by atoms with Gasteiger partial charge in [-0.15, -0.1) is 0 Å². The Balaban J connectivity index is 1.18. The van der Waals surface area contributed by atoms with Gasteiger partial charge in [0, 0.05) is 54.3 Å². The normalized spacial score (nSPS) is 18.6. The third-order valence-electron chi connectivity index (χ3n) is 8.23. The number of hydrogen-bond acceptors (Lipinski definition) is 9. The SMILES string of the molecule is C[C@@H]1CN([C@@H](C)CO)C(=O)Cc2cc(NC(=O)Nc3ccc4c(c3)OCO4)ccc2O[C@H]1CN(C)C(=O)Nc1ccc2c(c1)OCO2. The fourth-order valence-corrected chi connectivity index (χ4v) is 5.54. The minimum Gasteiger partial charge on any atom is -0.488 e. The number of nitrogens with one attached hydrogen (secondary N) is 3. The number of benzene rings is 3. The van der Waals surface area contributed by atoms with Crippen molar-refractivity contribution in [1.82, 2.24) is 9.80 Å². The lowest BCUT2D eigenvalue weighted by molar-refractivity contribution is -0.134. The molecule has 0 spiro atoms. The third-order valence-corrected chi connectivity index (χ3v) is 8.23. The first kappa shape index (κ1) is 31.6. The van der Waals surface area contributed by atoms with Crippen molar-refractivity contribution in [3.63, 3.8) is 0 Å². The molecule has 47 heavy (non-hydrogen) atoms. The van der Waals surface area contributed by atoms with Crippen molar-refractivity contribution in [2.24, 2.45) is 5.92 Å². The van der Waals surface area contributed by atoms with E-state index in [9.17, 15) is 19.5 Å². The average Bonchev–Trinajstić information content (AvgIpc) is 3.73. The summed E-state index contributed by atoms with van der Waals surface area (Å²) >= 11 is 0. The van der Waals surface area contributed by atoms with E-state index in [0.29, 0.717) is 57.9 Å². The van der Waals surface area contributed by atoms with Crippen molar-refractivity contribution in [1.29, 1.82) is 0 Å². The van der Waals surface area contributed by atoms with Crippen LogP contribution in [-0.4, -0.2) is 85.4 Å². The third kappa shape index (κ3) is 7.22. The second kappa shape index (κ2) is 13.5. The standard InChI is InChI=1S/C33H37N5O9/c1-19-14-38(20(2)16-39)31(40)11-21-10-22(34-32(41)35-23-5-8-26-28(12-23)45-17-43-26)4-7-25(21)47-30(19)15-37(3)33(42)36-24-6-9-27-29(13-24)46-18-44-27/h4-10,12-13,19-20,30,39H,11,14-18H2,1-3H3,(H,36,42)(H2,34,35,41)/t19-,20+,30+/m1/s1. The Labute approximate surface area is 271 Å². The molecule has 14 heteroatoms. The molecular weight excluding hydrogens is 610 g/mol. The number of carbonyl (C=O) groups is 3. The quantitative estimate of drug-likeness (QED) is 0.296. The largest absolute Gasteiger partial charge is 0.488 e. The molecule has 0 unspecified atom stereocenters. The lowest BCUT2D eigenvalue weighted by atomic mass is 10.0. The number of hydrogen-bond donors (Lipinski definition) is 4. The van der Waals surface area contributed by atoms with Gasteiger partial charge < -0.3 is 54.5 Å². The van der Waals surface area contributed by atoms with E-state index in [0.717, 1.165) is 0 Å². The van der Waals surface area contributed by atoms with Crippen LogP contribution in [-0.2, 0) is 11.2 Å². The van der Waals surface area contributed by atoms with Gasteiger partial charge in [-0.2, -0.15) is 0 Å². The number of amides is 5. The van der Waals surface area contributed by atoms with Crippen molar-refractivity contribution in [2.75, 3.05) is 56.3 Å². The van der Waals surface area contributed by atoms with Crippen LogP contribution >= 0.6 is 0 Å². The van der Waals surface area contributed by atoms with Crippen LogP contribution in [0.4, 0.5) is 26.7 Å². The summed E-state index contributed by atoms with van der Waals surface area (Å²) < 4.78 is 28.0. The predicted molar refractivity (Wildman–Crippen MR) is 171 cm³/mol. The van der Waals surface area contributed by atoms with Gasteiger partial charge in [0.05, 0.1) is 25.6 Å². The second-order valence-electron chi connectivity index (χ2n) is 11.7. The molecule has 0 radical (unpaired) electrons. The summed E-state index contributed by atoms with van der Waals surface area (Å²) in [5.74, 6) is 2.36. The summed E-state index contributed by atoms with van der Waals surface area (Å²) in [6, 6.07) is 14.0. The highest BCUT2D eigenvalue weighted by Gasteiger charge is 2.32. The van der Waals surface area contributed by atoms with Crippen LogP contribution in [0.1, 0.15) is 19.4 Å². The molecule has 0 aliphatic carbocycles. The van der Waals surface area contributed by atoms with Gasteiger partial charge in [-0.25, -0.2) is 9.59 Å². The van der Waals surface area contributed by atoms with Crippen LogP contribution in [0.25, 0.3) is 0 Å². The molecule has 6 rings (SSSR count). The number of fused-ring (bicyclic) bond motifs is 3. The summed E-state index contributed by atoms with van der Waals surface area (Å²) in [6.07, 6.45) is -0.535. The maximum absolute atomic E-state index is 13.6. The molecule has 0 saturated heterocycles. The van der Waals surface area contributed by atoms with Crippen LogP contribution < -0.4 is 39.6 Å². The fourth-order valence-electron chi connectivity index (χ4n) is 5.54. The van der Waals surface area contributed by atoms with Gasteiger partial charge in [-0.3, -0.25) is 4.79 Å². The number of ether oxygens (including phenoxy) is 5. The van der Waals surface area contributed by atoms with Gasteiger partial charge in [-0.05, 0) is 49.4 Å². The van der Waals surface area contributed by atoms with Gasteiger partial charge >= 0.3 is 12.1 Å². The molecule has 248 valence electrons. The lowest BCUT2D eigenvalue weighted by Crippen LogP contribution is -2.48. The number of aliphatic hydroxyl groups excluding tert-OH is 1. The van der Waals surface area contributed by atoms with E-state index in [4.69, 9.17) is 23.7 Å². The number of aliphatic hydroxyl groups is 1. The van der Waals surface area contributed by atoms with Gasteiger partial charge in [-0.1, -0.05) is 6.92 Å². The minimum absolute atomic E-state index is 0.0150. The smallest absolute Gasteiger partial charge is 0.323 e. The molecule has 3 aliphatic heterocycles. The molecule has 4 N–H and O–H groups in total. The minimum atomic E-state index is -0.520. The summed E-state index contributed by atoms with van der Waals surface area (Å²) in [5.41, 5.74) is 2.07. The molecule has 0 saturated carbocycles. The van der Waals surface area contributed by atoms with Crippen LogP contribution in [0.2, 0.25) is 0 Å². The Kier molecular flexibility index (Phi) is 9.11. The first-order chi connectivity index (χ1) is 22.7. The van der Waals surface area contributed by atoms with E-state index in [1.54, 1.807) is 73.5 Å². The fraction of sp³-hybridized carbons (Fsp3) is 0.364. The van der Waals surface area contributed by atoms with E-state index in [1.807, 2.05) is 6.92 Å². The molecule has 3 aromatic carbocycles. The van der Waals surface area contributed by atoms with Gasteiger partial charge in [0.25, 0.3) is 0 Å².